The van der Waals surface area contributed by atoms with E-state index in [1.54, 1.807) is 6.07 Å². The number of para-hydroxylation sites is 1. The molecule has 1 N–H and O–H groups in total. The first-order valence-electron chi connectivity index (χ1n) is 10.7. The van der Waals surface area contributed by atoms with E-state index in [-0.39, 0.29) is 5.56 Å². The number of benzene rings is 4. The Morgan fingerprint density at radius 2 is 1.59 bits per heavy atom. The molecule has 0 bridgehead atoms. The summed E-state index contributed by atoms with van der Waals surface area (Å²) in [6.07, 6.45) is 0. The molecule has 0 aliphatic carbocycles. The second-order valence-electron chi connectivity index (χ2n) is 8.03. The molecule has 0 amide bonds. The maximum atomic E-state index is 12.2. The predicted molar refractivity (Wildman–Crippen MR) is 130 cm³/mol. The Balaban J connectivity index is 1.65. The molecule has 0 saturated heterocycles. The number of carboxylic acid groups (broad SMARTS) is 1. The Bertz CT molecular complexity index is 1700. The van der Waals surface area contributed by atoms with Crippen LogP contribution in [0.3, 0.4) is 0 Å². The average molecular weight is 416 g/mol. The number of carbonyl (C=O) groups is 1. The Hall–Kier alpha value is -4.18. The van der Waals surface area contributed by atoms with Crippen LogP contribution in [-0.4, -0.2) is 20.6 Å². The van der Waals surface area contributed by atoms with Gasteiger partial charge in [0.2, 0.25) is 0 Å². The Morgan fingerprint density at radius 3 is 2.41 bits per heavy atom. The van der Waals surface area contributed by atoms with Crippen LogP contribution in [0.15, 0.2) is 84.9 Å². The van der Waals surface area contributed by atoms with Crippen LogP contribution in [0.1, 0.15) is 17.3 Å². The third-order valence-corrected chi connectivity index (χ3v) is 6.31. The van der Waals surface area contributed by atoms with Crippen molar-refractivity contribution < 1.29 is 9.90 Å². The predicted octanol–water partition coefficient (Wildman–Crippen LogP) is 6.88. The second-order valence-corrected chi connectivity index (χ2v) is 8.03. The fraction of sp³-hybridized carbons (Fsp3) is 0.0714. The van der Waals surface area contributed by atoms with Gasteiger partial charge in [-0.05, 0) is 48.0 Å². The largest absolute Gasteiger partial charge is 0.478 e. The lowest BCUT2D eigenvalue weighted by Gasteiger charge is -2.10. The van der Waals surface area contributed by atoms with Crippen molar-refractivity contribution in [3.63, 3.8) is 0 Å². The molecule has 0 radical (unpaired) electrons. The van der Waals surface area contributed by atoms with Crippen LogP contribution in [0.4, 0.5) is 0 Å². The Morgan fingerprint density at radius 1 is 0.844 bits per heavy atom. The molecule has 0 unspecified atom stereocenters. The van der Waals surface area contributed by atoms with Gasteiger partial charge in [-0.15, -0.1) is 0 Å². The summed E-state index contributed by atoms with van der Waals surface area (Å²) in [5.41, 5.74) is 4.91. The van der Waals surface area contributed by atoms with Gasteiger partial charge in [-0.25, -0.2) is 9.78 Å². The van der Waals surface area contributed by atoms with E-state index in [0.29, 0.717) is 16.6 Å². The zero-order valence-electron chi connectivity index (χ0n) is 17.5. The minimum absolute atomic E-state index is 0.276. The third kappa shape index (κ3) is 2.63. The highest BCUT2D eigenvalue weighted by molar-refractivity contribution is 6.16. The summed E-state index contributed by atoms with van der Waals surface area (Å²) in [5.74, 6) is -0.946. The molecule has 6 aromatic rings. The monoisotopic (exact) mass is 416 g/mol. The van der Waals surface area contributed by atoms with Crippen molar-refractivity contribution in [2.24, 2.45) is 0 Å². The molecule has 2 heterocycles. The van der Waals surface area contributed by atoms with Gasteiger partial charge < -0.3 is 9.67 Å². The number of rotatable bonds is 3. The number of carboxylic acids is 1. The zero-order valence-corrected chi connectivity index (χ0v) is 17.5. The van der Waals surface area contributed by atoms with Crippen molar-refractivity contribution >= 4 is 49.5 Å². The molecule has 4 nitrogen and oxygen atoms in total. The van der Waals surface area contributed by atoms with Crippen molar-refractivity contribution in [1.82, 2.24) is 9.55 Å². The molecule has 154 valence electrons. The van der Waals surface area contributed by atoms with Crippen molar-refractivity contribution in [1.29, 1.82) is 0 Å². The van der Waals surface area contributed by atoms with Gasteiger partial charge >= 0.3 is 5.97 Å². The SMILES string of the molecule is CCn1c2ccccc2c2cc(-c3cc(C(=O)O)c4c(ccc5ccccc54)n3)ccc21. The van der Waals surface area contributed by atoms with E-state index >= 15 is 0 Å². The van der Waals surface area contributed by atoms with Crippen LogP contribution in [0.25, 0.3) is 54.7 Å². The van der Waals surface area contributed by atoms with E-state index in [9.17, 15) is 9.90 Å². The van der Waals surface area contributed by atoms with Gasteiger partial charge in [-0.3, -0.25) is 0 Å². The van der Waals surface area contributed by atoms with Crippen LogP contribution in [0.5, 0.6) is 0 Å². The number of aromatic carboxylic acids is 1. The van der Waals surface area contributed by atoms with E-state index in [1.165, 1.54) is 16.4 Å². The second kappa shape index (κ2) is 6.92. The van der Waals surface area contributed by atoms with Gasteiger partial charge in [0.1, 0.15) is 0 Å². The van der Waals surface area contributed by atoms with Gasteiger partial charge in [0.15, 0.2) is 0 Å². The molecule has 4 heteroatoms. The summed E-state index contributed by atoms with van der Waals surface area (Å²) in [6, 6.07) is 28.1. The van der Waals surface area contributed by atoms with Crippen LogP contribution in [0.2, 0.25) is 0 Å². The minimum Gasteiger partial charge on any atom is -0.478 e. The summed E-state index contributed by atoms with van der Waals surface area (Å²) in [4.78, 5) is 17.1. The van der Waals surface area contributed by atoms with Crippen LogP contribution in [0, 0.1) is 0 Å². The smallest absolute Gasteiger partial charge is 0.336 e. The molecule has 2 aromatic heterocycles. The molecular weight excluding hydrogens is 396 g/mol. The van der Waals surface area contributed by atoms with E-state index in [1.807, 2.05) is 42.5 Å². The molecule has 0 fully saturated rings. The average Bonchev–Trinajstić information content (AvgIpc) is 3.16. The van der Waals surface area contributed by atoms with Crippen molar-refractivity contribution in [2.45, 2.75) is 13.5 Å². The maximum absolute atomic E-state index is 12.2. The molecule has 4 aromatic carbocycles. The first-order chi connectivity index (χ1) is 15.7. The number of aromatic nitrogens is 2. The number of hydrogen-bond donors (Lipinski definition) is 1. The third-order valence-electron chi connectivity index (χ3n) is 6.31. The van der Waals surface area contributed by atoms with Crippen LogP contribution in [-0.2, 0) is 6.54 Å². The summed E-state index contributed by atoms with van der Waals surface area (Å²) < 4.78 is 2.30. The number of pyridine rings is 1. The van der Waals surface area contributed by atoms with E-state index in [2.05, 4.69) is 47.9 Å². The summed E-state index contributed by atoms with van der Waals surface area (Å²) in [6.45, 7) is 3.03. The standard InChI is InChI=1S/C28H20N2O2/c1-2-30-25-10-6-5-9-20(25)21-15-18(12-14-26(21)30)24-16-22(28(31)32)27-19-8-4-3-7-17(19)11-13-23(27)29-24/h3-16H,2H2,1H3,(H,31,32). The zero-order chi connectivity index (χ0) is 21.8. The lowest BCUT2D eigenvalue weighted by atomic mass is 9.98. The lowest BCUT2D eigenvalue weighted by Crippen LogP contribution is -2.01. The fourth-order valence-corrected chi connectivity index (χ4v) is 4.88. The van der Waals surface area contributed by atoms with Gasteiger partial charge in [0.05, 0.1) is 16.8 Å². The van der Waals surface area contributed by atoms with E-state index in [4.69, 9.17) is 4.98 Å². The lowest BCUT2D eigenvalue weighted by molar-refractivity contribution is 0.0699. The molecule has 0 saturated carbocycles. The van der Waals surface area contributed by atoms with E-state index < -0.39 is 5.97 Å². The molecule has 0 spiro atoms. The molecule has 0 atom stereocenters. The van der Waals surface area contributed by atoms with Gasteiger partial charge in [0, 0.05) is 39.3 Å². The Kier molecular flexibility index (Phi) is 4.02. The quantitative estimate of drug-likeness (QED) is 0.320. The summed E-state index contributed by atoms with van der Waals surface area (Å²) in [5, 5.41) is 15.0. The molecule has 0 aliphatic heterocycles. The van der Waals surface area contributed by atoms with Gasteiger partial charge in [0.25, 0.3) is 0 Å². The minimum atomic E-state index is -0.946. The first-order valence-corrected chi connectivity index (χ1v) is 10.7. The molecular formula is C28H20N2O2. The van der Waals surface area contributed by atoms with Crippen molar-refractivity contribution in [3.05, 3.63) is 90.5 Å². The number of fused-ring (bicyclic) bond motifs is 6. The number of nitrogens with zero attached hydrogens (tertiary/aromatic N) is 2. The van der Waals surface area contributed by atoms with Gasteiger partial charge in [-0.1, -0.05) is 54.6 Å². The first kappa shape index (κ1) is 18.6. The molecule has 0 aliphatic rings. The normalized spacial score (nSPS) is 11.7. The van der Waals surface area contributed by atoms with Crippen LogP contribution >= 0.6 is 0 Å². The molecule has 32 heavy (non-hydrogen) atoms. The van der Waals surface area contributed by atoms with Crippen molar-refractivity contribution in [3.8, 4) is 11.3 Å². The highest BCUT2D eigenvalue weighted by Gasteiger charge is 2.17. The Labute approximate surface area is 184 Å². The van der Waals surface area contributed by atoms with Gasteiger partial charge in [-0.2, -0.15) is 0 Å². The summed E-state index contributed by atoms with van der Waals surface area (Å²) in [7, 11) is 0. The highest BCUT2D eigenvalue weighted by atomic mass is 16.4. The maximum Gasteiger partial charge on any atom is 0.336 e. The van der Waals surface area contributed by atoms with Crippen molar-refractivity contribution in [2.75, 3.05) is 0 Å². The number of aryl methyl sites for hydroxylation is 1. The van der Waals surface area contributed by atoms with E-state index in [0.717, 1.165) is 28.3 Å². The molecule has 6 rings (SSSR count). The number of hydrogen-bond acceptors (Lipinski definition) is 2. The van der Waals surface area contributed by atoms with Crippen LogP contribution < -0.4 is 0 Å². The highest BCUT2D eigenvalue weighted by Crippen LogP contribution is 2.34. The summed E-state index contributed by atoms with van der Waals surface area (Å²) >= 11 is 0. The topological polar surface area (TPSA) is 55.1 Å². The fourth-order valence-electron chi connectivity index (χ4n) is 4.88.